The van der Waals surface area contributed by atoms with Gasteiger partial charge in [0.25, 0.3) is 5.91 Å². The number of fused-ring (bicyclic) bond motifs is 1. The Morgan fingerprint density at radius 1 is 1.33 bits per heavy atom. The molecule has 1 aromatic carbocycles. The predicted octanol–water partition coefficient (Wildman–Crippen LogP) is 1.17. The minimum Gasteiger partial charge on any atom is -0.347 e. The van der Waals surface area contributed by atoms with Crippen LogP contribution in [0.2, 0.25) is 0 Å². The number of rotatable bonds is 4. The van der Waals surface area contributed by atoms with Crippen LogP contribution in [-0.4, -0.2) is 21.1 Å². The first-order chi connectivity index (χ1) is 10.3. The van der Waals surface area contributed by atoms with Crippen molar-refractivity contribution in [1.29, 1.82) is 0 Å². The van der Waals surface area contributed by atoms with Gasteiger partial charge < -0.3 is 10.7 Å². The number of amides is 1. The molecule has 7 nitrogen and oxygen atoms in total. The molecule has 0 fully saturated rings. The minimum atomic E-state index is -0.265. The summed E-state index contributed by atoms with van der Waals surface area (Å²) in [4.78, 5) is 16.4. The van der Waals surface area contributed by atoms with E-state index in [0.717, 1.165) is 16.3 Å². The van der Waals surface area contributed by atoms with Crippen molar-refractivity contribution in [3.63, 3.8) is 0 Å². The van der Waals surface area contributed by atoms with Gasteiger partial charge in [0, 0.05) is 23.7 Å². The Labute approximate surface area is 120 Å². The average Bonchev–Trinajstić information content (AvgIpc) is 3.04. The number of anilines is 1. The van der Waals surface area contributed by atoms with Gasteiger partial charge in [-0.25, -0.2) is 10.8 Å². The first-order valence-electron chi connectivity index (χ1n) is 6.40. The second-order valence-corrected chi connectivity index (χ2v) is 4.51. The Bertz CT molecular complexity index is 768. The van der Waals surface area contributed by atoms with E-state index in [9.17, 15) is 4.79 Å². The fourth-order valence-electron chi connectivity index (χ4n) is 2.07. The van der Waals surface area contributed by atoms with E-state index in [-0.39, 0.29) is 5.91 Å². The van der Waals surface area contributed by atoms with Crippen molar-refractivity contribution in [2.45, 2.75) is 6.54 Å². The molecule has 0 unspecified atom stereocenters. The summed E-state index contributed by atoms with van der Waals surface area (Å²) in [7, 11) is 0. The molecule has 0 atom stereocenters. The maximum absolute atomic E-state index is 12.2. The Balaban J connectivity index is 1.87. The number of carbonyl (C=O) groups is 1. The Kier molecular flexibility index (Phi) is 3.48. The summed E-state index contributed by atoms with van der Waals surface area (Å²) in [6.07, 6.45) is 3.38. The minimum absolute atomic E-state index is 0.265. The molecule has 0 saturated heterocycles. The number of nitrogens with two attached hydrogens (primary N) is 1. The van der Waals surface area contributed by atoms with Crippen molar-refractivity contribution in [2.24, 2.45) is 5.84 Å². The van der Waals surface area contributed by atoms with Gasteiger partial charge in [0.2, 0.25) is 0 Å². The second kappa shape index (κ2) is 5.59. The molecule has 0 bridgehead atoms. The van der Waals surface area contributed by atoms with Crippen LogP contribution in [0.1, 0.15) is 16.1 Å². The largest absolute Gasteiger partial charge is 0.347 e. The van der Waals surface area contributed by atoms with Gasteiger partial charge in [-0.2, -0.15) is 5.10 Å². The number of benzene rings is 1. The summed E-state index contributed by atoms with van der Waals surface area (Å²) < 4.78 is 0. The highest BCUT2D eigenvalue weighted by Gasteiger charge is 2.11. The van der Waals surface area contributed by atoms with Gasteiger partial charge in [-0.3, -0.25) is 9.89 Å². The predicted molar refractivity (Wildman–Crippen MR) is 79.3 cm³/mol. The van der Waals surface area contributed by atoms with Crippen LogP contribution in [0.3, 0.4) is 0 Å². The summed E-state index contributed by atoms with van der Waals surface area (Å²) in [5, 5.41) is 11.1. The SMILES string of the molecule is NNc1nc(C(=O)NCc2cn[nH]c2)cc2ccccc12. The number of aromatic nitrogens is 3. The number of nitrogens with one attached hydrogen (secondary N) is 3. The van der Waals surface area contributed by atoms with Crippen molar-refractivity contribution in [3.05, 3.63) is 54.0 Å². The van der Waals surface area contributed by atoms with Gasteiger partial charge in [-0.1, -0.05) is 24.3 Å². The van der Waals surface area contributed by atoms with E-state index in [1.54, 1.807) is 18.5 Å². The number of carbonyl (C=O) groups excluding carboxylic acids is 1. The quantitative estimate of drug-likeness (QED) is 0.424. The molecular formula is C14H14N6O. The lowest BCUT2D eigenvalue weighted by Crippen LogP contribution is -2.24. The molecule has 0 aliphatic rings. The van der Waals surface area contributed by atoms with Gasteiger partial charge in [0.1, 0.15) is 11.5 Å². The van der Waals surface area contributed by atoms with Crippen LogP contribution in [0.4, 0.5) is 5.82 Å². The van der Waals surface area contributed by atoms with Crippen molar-refractivity contribution in [1.82, 2.24) is 20.5 Å². The maximum Gasteiger partial charge on any atom is 0.270 e. The topological polar surface area (TPSA) is 109 Å². The number of pyridine rings is 1. The molecule has 0 radical (unpaired) electrons. The Hall–Kier alpha value is -2.93. The monoisotopic (exact) mass is 282 g/mol. The van der Waals surface area contributed by atoms with Crippen LogP contribution in [0, 0.1) is 0 Å². The lowest BCUT2D eigenvalue weighted by atomic mass is 10.1. The molecule has 106 valence electrons. The first kappa shape index (κ1) is 13.1. The average molecular weight is 282 g/mol. The fraction of sp³-hybridized carbons (Fsp3) is 0.0714. The lowest BCUT2D eigenvalue weighted by Gasteiger charge is -2.08. The molecule has 0 spiro atoms. The van der Waals surface area contributed by atoms with E-state index < -0.39 is 0 Å². The smallest absolute Gasteiger partial charge is 0.270 e. The van der Waals surface area contributed by atoms with E-state index >= 15 is 0 Å². The van der Waals surface area contributed by atoms with Crippen LogP contribution in [-0.2, 0) is 6.54 Å². The number of nitrogens with zero attached hydrogens (tertiary/aromatic N) is 2. The number of nitrogen functional groups attached to an aromatic ring is 1. The molecule has 21 heavy (non-hydrogen) atoms. The first-order valence-corrected chi connectivity index (χ1v) is 6.40. The summed E-state index contributed by atoms with van der Waals surface area (Å²) in [6, 6.07) is 9.33. The third kappa shape index (κ3) is 2.67. The summed E-state index contributed by atoms with van der Waals surface area (Å²) >= 11 is 0. The second-order valence-electron chi connectivity index (χ2n) is 4.51. The van der Waals surface area contributed by atoms with Crippen LogP contribution < -0.4 is 16.6 Å². The number of aromatic amines is 1. The van der Waals surface area contributed by atoms with Crippen LogP contribution in [0.25, 0.3) is 10.8 Å². The molecule has 3 aromatic rings. The number of hydrogen-bond acceptors (Lipinski definition) is 5. The van der Waals surface area contributed by atoms with Gasteiger partial charge in [-0.15, -0.1) is 0 Å². The number of hydrazine groups is 1. The van der Waals surface area contributed by atoms with Gasteiger partial charge in [-0.05, 0) is 11.5 Å². The molecular weight excluding hydrogens is 268 g/mol. The Morgan fingerprint density at radius 2 is 2.19 bits per heavy atom. The molecule has 0 aliphatic carbocycles. The highest BCUT2D eigenvalue weighted by molar-refractivity contribution is 6.00. The zero-order valence-corrected chi connectivity index (χ0v) is 11.1. The normalized spacial score (nSPS) is 10.5. The molecule has 5 N–H and O–H groups in total. The van der Waals surface area contributed by atoms with Gasteiger partial charge >= 0.3 is 0 Å². The molecule has 2 aromatic heterocycles. The summed E-state index contributed by atoms with van der Waals surface area (Å²) in [5.41, 5.74) is 3.73. The third-order valence-electron chi connectivity index (χ3n) is 3.12. The molecule has 7 heteroatoms. The highest BCUT2D eigenvalue weighted by Crippen LogP contribution is 2.21. The van der Waals surface area contributed by atoms with Crippen LogP contribution in [0.15, 0.2) is 42.7 Å². The zero-order chi connectivity index (χ0) is 14.7. The number of H-pyrrole nitrogens is 1. The summed E-state index contributed by atoms with van der Waals surface area (Å²) in [6.45, 7) is 0.384. The molecule has 3 rings (SSSR count). The van der Waals surface area contributed by atoms with Crippen LogP contribution in [0.5, 0.6) is 0 Å². The fourth-order valence-corrected chi connectivity index (χ4v) is 2.07. The maximum atomic E-state index is 12.2. The third-order valence-corrected chi connectivity index (χ3v) is 3.12. The van der Waals surface area contributed by atoms with E-state index in [2.05, 4.69) is 25.9 Å². The van der Waals surface area contributed by atoms with Gasteiger partial charge in [0.05, 0.1) is 6.20 Å². The van der Waals surface area contributed by atoms with E-state index in [1.807, 2.05) is 24.3 Å². The van der Waals surface area contributed by atoms with E-state index in [1.165, 1.54) is 0 Å². The Morgan fingerprint density at radius 3 is 2.95 bits per heavy atom. The standard InChI is InChI=1S/C14H14N6O/c15-20-13-11-4-2-1-3-10(11)5-12(19-13)14(21)16-6-9-7-17-18-8-9/h1-5,7-8H,6,15H2,(H,16,21)(H,17,18)(H,19,20). The molecule has 1 amide bonds. The highest BCUT2D eigenvalue weighted by atomic mass is 16.1. The van der Waals surface area contributed by atoms with Crippen molar-refractivity contribution < 1.29 is 4.79 Å². The number of hydrogen-bond donors (Lipinski definition) is 4. The van der Waals surface area contributed by atoms with Crippen molar-refractivity contribution in [3.8, 4) is 0 Å². The van der Waals surface area contributed by atoms with Crippen molar-refractivity contribution in [2.75, 3.05) is 5.43 Å². The van der Waals surface area contributed by atoms with Gasteiger partial charge in [0.15, 0.2) is 0 Å². The molecule has 0 aliphatic heterocycles. The van der Waals surface area contributed by atoms with E-state index in [4.69, 9.17) is 5.84 Å². The van der Waals surface area contributed by atoms with E-state index in [0.29, 0.717) is 18.1 Å². The van der Waals surface area contributed by atoms with Crippen LogP contribution >= 0.6 is 0 Å². The molecule has 0 saturated carbocycles. The van der Waals surface area contributed by atoms with Crippen molar-refractivity contribution >= 4 is 22.5 Å². The molecule has 2 heterocycles. The lowest BCUT2D eigenvalue weighted by molar-refractivity contribution is 0.0946. The summed E-state index contributed by atoms with van der Waals surface area (Å²) in [5.74, 6) is 5.69. The zero-order valence-electron chi connectivity index (χ0n) is 11.1.